The van der Waals surface area contributed by atoms with Gasteiger partial charge < -0.3 is 9.88 Å². The van der Waals surface area contributed by atoms with Gasteiger partial charge in [-0.1, -0.05) is 13.8 Å². The highest BCUT2D eigenvalue weighted by atomic mass is 15.1. The first-order chi connectivity index (χ1) is 9.06. The summed E-state index contributed by atoms with van der Waals surface area (Å²) in [5.74, 6) is 1.38. The van der Waals surface area contributed by atoms with Crippen LogP contribution in [-0.4, -0.2) is 26.1 Å². The summed E-state index contributed by atoms with van der Waals surface area (Å²) in [6, 6.07) is 2.02. The van der Waals surface area contributed by atoms with Crippen LogP contribution < -0.4 is 5.32 Å². The lowest BCUT2D eigenvalue weighted by atomic mass is 10.2. The van der Waals surface area contributed by atoms with Gasteiger partial charge in [-0.25, -0.2) is 15.0 Å². The molecule has 5 nitrogen and oxygen atoms in total. The molecule has 0 spiro atoms. The standard InChI is InChI=1S/C14H21N5/c1-10(2)6-15-7-12-5-11(3)17-14(18-12)13-8-16-9-19(13)4/h5,8-10,15H,6-7H2,1-4H3. The monoisotopic (exact) mass is 259 g/mol. The van der Waals surface area contributed by atoms with E-state index < -0.39 is 0 Å². The Kier molecular flexibility index (Phi) is 4.27. The molecule has 0 radical (unpaired) electrons. The molecule has 2 aromatic heterocycles. The Morgan fingerprint density at radius 2 is 2.11 bits per heavy atom. The van der Waals surface area contributed by atoms with Crippen LogP contribution in [0.1, 0.15) is 25.2 Å². The Bertz CT molecular complexity index is 545. The van der Waals surface area contributed by atoms with Gasteiger partial charge in [0, 0.05) is 19.3 Å². The fraction of sp³-hybridized carbons (Fsp3) is 0.500. The number of hydrogen-bond donors (Lipinski definition) is 1. The highest BCUT2D eigenvalue weighted by Crippen LogP contribution is 2.14. The van der Waals surface area contributed by atoms with Gasteiger partial charge in [-0.15, -0.1) is 0 Å². The summed E-state index contributed by atoms with van der Waals surface area (Å²) >= 11 is 0. The maximum atomic E-state index is 4.60. The van der Waals surface area contributed by atoms with Gasteiger partial charge in [-0.05, 0) is 25.5 Å². The van der Waals surface area contributed by atoms with Crippen LogP contribution in [0.2, 0.25) is 0 Å². The lowest BCUT2D eigenvalue weighted by Gasteiger charge is -2.09. The smallest absolute Gasteiger partial charge is 0.178 e. The van der Waals surface area contributed by atoms with Crippen molar-refractivity contribution in [2.24, 2.45) is 13.0 Å². The first-order valence-electron chi connectivity index (χ1n) is 6.58. The number of imidazole rings is 1. The molecule has 0 aliphatic heterocycles. The second-order valence-corrected chi connectivity index (χ2v) is 5.24. The maximum absolute atomic E-state index is 4.60. The normalized spacial score (nSPS) is 11.2. The van der Waals surface area contributed by atoms with Crippen molar-refractivity contribution in [2.75, 3.05) is 6.54 Å². The van der Waals surface area contributed by atoms with Gasteiger partial charge in [0.2, 0.25) is 0 Å². The Labute approximate surface area is 114 Å². The van der Waals surface area contributed by atoms with E-state index in [-0.39, 0.29) is 0 Å². The third-order valence-electron chi connectivity index (χ3n) is 2.81. The van der Waals surface area contributed by atoms with Crippen LogP contribution in [0.15, 0.2) is 18.6 Å². The molecule has 0 unspecified atom stereocenters. The first-order valence-corrected chi connectivity index (χ1v) is 6.58. The molecule has 0 atom stereocenters. The van der Waals surface area contributed by atoms with Crippen LogP contribution in [-0.2, 0) is 13.6 Å². The van der Waals surface area contributed by atoms with Crippen molar-refractivity contribution >= 4 is 0 Å². The van der Waals surface area contributed by atoms with Crippen LogP contribution in [0.5, 0.6) is 0 Å². The lowest BCUT2D eigenvalue weighted by Crippen LogP contribution is -2.20. The third kappa shape index (κ3) is 3.61. The van der Waals surface area contributed by atoms with Crippen molar-refractivity contribution in [3.8, 4) is 11.5 Å². The molecule has 0 fully saturated rings. The van der Waals surface area contributed by atoms with Crippen LogP contribution in [0.4, 0.5) is 0 Å². The van der Waals surface area contributed by atoms with Gasteiger partial charge in [-0.2, -0.15) is 0 Å². The molecule has 5 heteroatoms. The molecule has 2 heterocycles. The SMILES string of the molecule is Cc1cc(CNCC(C)C)nc(-c2cncn2C)n1. The van der Waals surface area contributed by atoms with Crippen LogP contribution in [0.3, 0.4) is 0 Å². The van der Waals surface area contributed by atoms with Gasteiger partial charge >= 0.3 is 0 Å². The predicted molar refractivity (Wildman–Crippen MR) is 75.5 cm³/mol. The molecule has 0 bridgehead atoms. The van der Waals surface area contributed by atoms with Gasteiger partial charge in [0.05, 0.1) is 18.2 Å². The molecule has 0 saturated heterocycles. The highest BCUT2D eigenvalue weighted by Gasteiger charge is 2.08. The summed E-state index contributed by atoms with van der Waals surface area (Å²) in [6.07, 6.45) is 3.55. The fourth-order valence-electron chi connectivity index (χ4n) is 1.90. The number of aromatic nitrogens is 4. The minimum Gasteiger partial charge on any atom is -0.331 e. The average molecular weight is 259 g/mol. The fourth-order valence-corrected chi connectivity index (χ4v) is 1.90. The first kappa shape index (κ1) is 13.7. The molecule has 0 amide bonds. The van der Waals surface area contributed by atoms with E-state index in [1.54, 1.807) is 12.5 Å². The number of hydrogen-bond acceptors (Lipinski definition) is 4. The second-order valence-electron chi connectivity index (χ2n) is 5.24. The van der Waals surface area contributed by atoms with Crippen molar-refractivity contribution in [3.63, 3.8) is 0 Å². The minimum atomic E-state index is 0.638. The van der Waals surface area contributed by atoms with Crippen LogP contribution in [0.25, 0.3) is 11.5 Å². The van der Waals surface area contributed by atoms with Crippen LogP contribution in [0, 0.1) is 12.8 Å². The maximum Gasteiger partial charge on any atom is 0.178 e. The second kappa shape index (κ2) is 5.93. The Hall–Kier alpha value is -1.75. The molecule has 1 N–H and O–H groups in total. The minimum absolute atomic E-state index is 0.638. The summed E-state index contributed by atoms with van der Waals surface area (Å²) in [5, 5.41) is 3.40. The van der Waals surface area contributed by atoms with Crippen LogP contribution >= 0.6 is 0 Å². The molecule has 0 aliphatic carbocycles. The van der Waals surface area contributed by atoms with Gasteiger partial charge in [0.15, 0.2) is 5.82 Å². The zero-order valence-corrected chi connectivity index (χ0v) is 12.0. The van der Waals surface area contributed by atoms with E-state index in [2.05, 4.69) is 34.1 Å². The Balaban J connectivity index is 2.18. The number of nitrogens with one attached hydrogen (secondary N) is 1. The predicted octanol–water partition coefficient (Wildman–Crippen LogP) is 1.93. The van der Waals surface area contributed by atoms with Gasteiger partial charge in [0.25, 0.3) is 0 Å². The summed E-state index contributed by atoms with van der Waals surface area (Å²) in [4.78, 5) is 13.2. The van der Waals surface area contributed by atoms with Gasteiger partial charge in [-0.3, -0.25) is 0 Å². The van der Waals surface area contributed by atoms with Crippen molar-refractivity contribution in [1.82, 2.24) is 24.8 Å². The highest BCUT2D eigenvalue weighted by molar-refractivity contribution is 5.48. The summed E-state index contributed by atoms with van der Waals surface area (Å²) in [7, 11) is 1.95. The molecule has 102 valence electrons. The topological polar surface area (TPSA) is 55.6 Å². The molecule has 0 saturated carbocycles. The zero-order valence-electron chi connectivity index (χ0n) is 12.0. The van der Waals surface area contributed by atoms with Crippen molar-refractivity contribution in [1.29, 1.82) is 0 Å². The van der Waals surface area contributed by atoms with E-state index in [1.165, 1.54) is 0 Å². The summed E-state index contributed by atoms with van der Waals surface area (Å²) < 4.78 is 1.93. The van der Waals surface area contributed by atoms with E-state index in [0.29, 0.717) is 5.92 Å². The summed E-state index contributed by atoms with van der Waals surface area (Å²) in [6.45, 7) is 8.14. The zero-order chi connectivity index (χ0) is 13.8. The van der Waals surface area contributed by atoms with E-state index in [4.69, 9.17) is 0 Å². The lowest BCUT2D eigenvalue weighted by molar-refractivity contribution is 0.548. The third-order valence-corrected chi connectivity index (χ3v) is 2.81. The van der Waals surface area contributed by atoms with E-state index >= 15 is 0 Å². The number of aryl methyl sites for hydroxylation is 2. The largest absolute Gasteiger partial charge is 0.331 e. The molecule has 0 aliphatic rings. The van der Waals surface area contributed by atoms with E-state index in [9.17, 15) is 0 Å². The molecular weight excluding hydrogens is 238 g/mol. The van der Waals surface area contributed by atoms with Crippen molar-refractivity contribution in [3.05, 3.63) is 30.0 Å². The Morgan fingerprint density at radius 3 is 2.74 bits per heavy atom. The molecule has 0 aromatic carbocycles. The number of nitrogens with zero attached hydrogens (tertiary/aromatic N) is 4. The van der Waals surface area contributed by atoms with Gasteiger partial charge in [0.1, 0.15) is 5.69 Å². The molecule has 2 rings (SSSR count). The average Bonchev–Trinajstić information content (AvgIpc) is 2.74. The molecule has 2 aromatic rings. The van der Waals surface area contributed by atoms with Crippen molar-refractivity contribution < 1.29 is 0 Å². The number of rotatable bonds is 5. The molecule has 19 heavy (non-hydrogen) atoms. The quantitative estimate of drug-likeness (QED) is 0.891. The summed E-state index contributed by atoms with van der Waals surface area (Å²) in [5.41, 5.74) is 2.94. The molecular formula is C14H21N5. The Morgan fingerprint density at radius 1 is 1.32 bits per heavy atom. The van der Waals surface area contributed by atoms with E-state index in [0.717, 1.165) is 36.0 Å². The van der Waals surface area contributed by atoms with E-state index in [1.807, 2.05) is 24.6 Å². The van der Waals surface area contributed by atoms with Crippen molar-refractivity contribution in [2.45, 2.75) is 27.3 Å².